The van der Waals surface area contributed by atoms with Crippen molar-refractivity contribution in [1.82, 2.24) is 14.9 Å². The van der Waals surface area contributed by atoms with Crippen molar-refractivity contribution in [3.63, 3.8) is 0 Å². The summed E-state index contributed by atoms with van der Waals surface area (Å²) in [6, 6.07) is 8.43. The minimum absolute atomic E-state index is 0.221. The number of rotatable bonds is 6. The highest BCUT2D eigenvalue weighted by molar-refractivity contribution is 5.51. The summed E-state index contributed by atoms with van der Waals surface area (Å²) in [4.78, 5) is 23.2. The first kappa shape index (κ1) is 16.2. The molecule has 1 aliphatic heterocycles. The van der Waals surface area contributed by atoms with E-state index >= 15 is 0 Å². The summed E-state index contributed by atoms with van der Waals surface area (Å²) < 4.78 is 12.9. The summed E-state index contributed by atoms with van der Waals surface area (Å²) in [5.41, 5.74) is 1.07. The van der Waals surface area contributed by atoms with E-state index in [1.54, 1.807) is 23.4 Å². The van der Waals surface area contributed by atoms with Crippen molar-refractivity contribution in [2.75, 3.05) is 42.9 Å². The molecular formula is C17H20FN5O. The van der Waals surface area contributed by atoms with Gasteiger partial charge in [-0.05, 0) is 24.1 Å². The number of piperazine rings is 1. The lowest BCUT2D eigenvalue weighted by atomic mass is 10.1. The Labute approximate surface area is 140 Å². The molecule has 0 atom stereocenters. The van der Waals surface area contributed by atoms with Gasteiger partial charge >= 0.3 is 0 Å². The van der Waals surface area contributed by atoms with Crippen LogP contribution in [0.2, 0.25) is 0 Å². The number of aromatic nitrogens is 2. The number of hydrogen-bond donors (Lipinski definition) is 1. The van der Waals surface area contributed by atoms with E-state index in [1.165, 1.54) is 12.1 Å². The Kier molecular flexibility index (Phi) is 5.20. The molecule has 1 aliphatic rings. The first-order valence-electron chi connectivity index (χ1n) is 7.99. The van der Waals surface area contributed by atoms with Gasteiger partial charge in [-0.15, -0.1) is 0 Å². The first-order valence-corrected chi connectivity index (χ1v) is 7.99. The molecule has 0 aliphatic carbocycles. The molecule has 1 saturated heterocycles. The van der Waals surface area contributed by atoms with Crippen molar-refractivity contribution in [3.05, 3.63) is 48.0 Å². The molecule has 24 heavy (non-hydrogen) atoms. The average Bonchev–Trinajstić information content (AvgIpc) is 2.64. The average molecular weight is 329 g/mol. The molecule has 2 aromatic rings. The van der Waals surface area contributed by atoms with Gasteiger partial charge in [0.15, 0.2) is 0 Å². The summed E-state index contributed by atoms with van der Waals surface area (Å²) in [6.45, 7) is 3.66. The van der Waals surface area contributed by atoms with Crippen LogP contribution in [0.3, 0.4) is 0 Å². The molecule has 1 N–H and O–H groups in total. The Morgan fingerprint density at radius 1 is 1.12 bits per heavy atom. The van der Waals surface area contributed by atoms with E-state index < -0.39 is 0 Å². The third kappa shape index (κ3) is 4.18. The lowest BCUT2D eigenvalue weighted by Crippen LogP contribution is -2.46. The molecular weight excluding hydrogens is 309 g/mol. The summed E-state index contributed by atoms with van der Waals surface area (Å²) in [5, 5.41) is 3.27. The SMILES string of the molecule is O=CN1CCN(c2cc(NCCc3ccc(F)cc3)ncn2)CC1. The second kappa shape index (κ2) is 7.72. The fraction of sp³-hybridized carbons (Fsp3) is 0.353. The summed E-state index contributed by atoms with van der Waals surface area (Å²) >= 11 is 0. The second-order valence-corrected chi connectivity index (χ2v) is 5.69. The fourth-order valence-corrected chi connectivity index (χ4v) is 2.66. The van der Waals surface area contributed by atoms with E-state index in [0.717, 1.165) is 43.1 Å². The number of amides is 1. The van der Waals surface area contributed by atoms with E-state index in [1.807, 2.05) is 6.07 Å². The number of carbonyl (C=O) groups is 1. The maximum atomic E-state index is 12.9. The summed E-state index contributed by atoms with van der Waals surface area (Å²) in [6.07, 6.45) is 3.22. The van der Waals surface area contributed by atoms with E-state index in [2.05, 4.69) is 20.2 Å². The fourth-order valence-electron chi connectivity index (χ4n) is 2.66. The highest BCUT2D eigenvalue weighted by Crippen LogP contribution is 2.16. The second-order valence-electron chi connectivity index (χ2n) is 5.69. The Morgan fingerprint density at radius 3 is 2.58 bits per heavy atom. The van der Waals surface area contributed by atoms with Crippen LogP contribution in [0.15, 0.2) is 36.7 Å². The van der Waals surface area contributed by atoms with Crippen LogP contribution in [0, 0.1) is 5.82 Å². The lowest BCUT2D eigenvalue weighted by molar-refractivity contribution is -0.118. The zero-order valence-corrected chi connectivity index (χ0v) is 13.4. The van der Waals surface area contributed by atoms with Crippen molar-refractivity contribution in [3.8, 4) is 0 Å². The molecule has 1 aromatic heterocycles. The topological polar surface area (TPSA) is 61.4 Å². The van der Waals surface area contributed by atoms with Gasteiger partial charge in [0, 0.05) is 38.8 Å². The van der Waals surface area contributed by atoms with Gasteiger partial charge in [0.2, 0.25) is 6.41 Å². The number of nitrogens with zero attached hydrogens (tertiary/aromatic N) is 4. The summed E-state index contributed by atoms with van der Waals surface area (Å²) in [7, 11) is 0. The highest BCUT2D eigenvalue weighted by Gasteiger charge is 2.16. The first-order chi connectivity index (χ1) is 11.7. The third-order valence-corrected chi connectivity index (χ3v) is 4.07. The molecule has 3 rings (SSSR count). The number of halogens is 1. The van der Waals surface area contributed by atoms with Crippen LogP contribution in [0.1, 0.15) is 5.56 Å². The minimum Gasteiger partial charge on any atom is -0.370 e. The molecule has 7 heteroatoms. The molecule has 126 valence electrons. The Morgan fingerprint density at radius 2 is 1.88 bits per heavy atom. The normalized spacial score (nSPS) is 14.5. The zero-order chi connectivity index (χ0) is 16.8. The minimum atomic E-state index is -0.221. The van der Waals surface area contributed by atoms with Crippen LogP contribution in [0.5, 0.6) is 0 Å². The maximum absolute atomic E-state index is 12.9. The molecule has 0 radical (unpaired) electrons. The maximum Gasteiger partial charge on any atom is 0.209 e. The Hall–Kier alpha value is -2.70. The number of benzene rings is 1. The van der Waals surface area contributed by atoms with Gasteiger partial charge in [0.25, 0.3) is 0 Å². The van der Waals surface area contributed by atoms with Crippen molar-refractivity contribution in [2.45, 2.75) is 6.42 Å². The van der Waals surface area contributed by atoms with E-state index in [9.17, 15) is 9.18 Å². The number of hydrogen-bond acceptors (Lipinski definition) is 5. The van der Waals surface area contributed by atoms with Gasteiger partial charge < -0.3 is 15.1 Å². The molecule has 0 spiro atoms. The molecule has 2 heterocycles. The zero-order valence-electron chi connectivity index (χ0n) is 13.4. The number of anilines is 2. The molecule has 0 unspecified atom stereocenters. The van der Waals surface area contributed by atoms with Crippen molar-refractivity contribution in [2.24, 2.45) is 0 Å². The van der Waals surface area contributed by atoms with Gasteiger partial charge in [-0.1, -0.05) is 12.1 Å². The van der Waals surface area contributed by atoms with Crippen molar-refractivity contribution >= 4 is 18.0 Å². The number of nitrogens with one attached hydrogen (secondary N) is 1. The van der Waals surface area contributed by atoms with Gasteiger partial charge in [0.05, 0.1) is 0 Å². The predicted octanol–water partition coefficient (Wildman–Crippen LogP) is 1.55. The summed E-state index contributed by atoms with van der Waals surface area (Å²) in [5.74, 6) is 1.40. The monoisotopic (exact) mass is 329 g/mol. The van der Waals surface area contributed by atoms with Crippen molar-refractivity contribution < 1.29 is 9.18 Å². The quantitative estimate of drug-likeness (QED) is 0.815. The van der Waals surface area contributed by atoms with Crippen LogP contribution in [-0.4, -0.2) is 54.0 Å². The van der Waals surface area contributed by atoms with Gasteiger partial charge in [-0.2, -0.15) is 0 Å². The molecule has 0 bridgehead atoms. The molecule has 1 aromatic carbocycles. The van der Waals surface area contributed by atoms with Crippen LogP contribution < -0.4 is 10.2 Å². The van der Waals surface area contributed by atoms with E-state index in [4.69, 9.17) is 0 Å². The smallest absolute Gasteiger partial charge is 0.209 e. The molecule has 6 nitrogen and oxygen atoms in total. The Balaban J connectivity index is 1.53. The third-order valence-electron chi connectivity index (χ3n) is 4.07. The largest absolute Gasteiger partial charge is 0.370 e. The standard InChI is InChI=1S/C17H20FN5O/c18-15-3-1-14(2-4-15)5-6-19-16-11-17(21-12-20-16)23-9-7-22(13-24)8-10-23/h1-4,11-13H,5-10H2,(H,19,20,21). The van der Waals surface area contributed by atoms with Crippen LogP contribution in [0.4, 0.5) is 16.0 Å². The van der Waals surface area contributed by atoms with Crippen molar-refractivity contribution in [1.29, 1.82) is 0 Å². The van der Waals surface area contributed by atoms with E-state index in [0.29, 0.717) is 19.6 Å². The van der Waals surface area contributed by atoms with Crippen LogP contribution in [0.25, 0.3) is 0 Å². The predicted molar refractivity (Wildman–Crippen MR) is 90.5 cm³/mol. The van der Waals surface area contributed by atoms with Crippen LogP contribution in [-0.2, 0) is 11.2 Å². The number of carbonyl (C=O) groups excluding carboxylic acids is 1. The van der Waals surface area contributed by atoms with E-state index in [-0.39, 0.29) is 5.82 Å². The molecule has 1 amide bonds. The highest BCUT2D eigenvalue weighted by atomic mass is 19.1. The molecule has 1 fully saturated rings. The van der Waals surface area contributed by atoms with Crippen LogP contribution >= 0.6 is 0 Å². The lowest BCUT2D eigenvalue weighted by Gasteiger charge is -2.33. The molecule has 0 saturated carbocycles. The Bertz CT molecular complexity index is 671. The van der Waals surface area contributed by atoms with Gasteiger partial charge in [0.1, 0.15) is 23.8 Å². The van der Waals surface area contributed by atoms with Gasteiger partial charge in [-0.25, -0.2) is 14.4 Å². The van der Waals surface area contributed by atoms with Gasteiger partial charge in [-0.3, -0.25) is 4.79 Å².